The van der Waals surface area contributed by atoms with Crippen molar-refractivity contribution in [2.75, 3.05) is 46.1 Å². The van der Waals surface area contributed by atoms with Crippen LogP contribution in [0.4, 0.5) is 13.2 Å². The zero-order valence-corrected chi connectivity index (χ0v) is 22.0. The maximum absolute atomic E-state index is 14.6. The van der Waals surface area contributed by atoms with Crippen LogP contribution in [-0.2, 0) is 6.42 Å². The summed E-state index contributed by atoms with van der Waals surface area (Å²) in [7, 11) is 0. The van der Waals surface area contributed by atoms with Gasteiger partial charge in [0, 0.05) is 37.2 Å². The first-order valence-electron chi connectivity index (χ1n) is 13.3. The molecule has 0 bridgehead atoms. The summed E-state index contributed by atoms with van der Waals surface area (Å²) in [6, 6.07) is 12.2. The molecule has 1 fully saturated rings. The molecule has 1 N–H and O–H groups in total. The second-order valence-electron chi connectivity index (χ2n) is 9.80. The van der Waals surface area contributed by atoms with E-state index in [-0.39, 0.29) is 24.4 Å². The van der Waals surface area contributed by atoms with Gasteiger partial charge >= 0.3 is 20.1 Å². The summed E-state index contributed by atoms with van der Waals surface area (Å²) < 4.78 is 60.3. The first-order chi connectivity index (χ1) is 18.6. The molecule has 2 atom stereocenters. The molecular weight excluding hydrogens is 500 g/mol. The number of ether oxygens (including phenoxy) is 1. The summed E-state index contributed by atoms with van der Waals surface area (Å²) in [4.78, 5) is 15.8. The molecule has 2 aromatic carbocycles. The minimum absolute atomic E-state index is 0.0384. The Hall–Kier alpha value is -2.14. The maximum atomic E-state index is 14.6. The Morgan fingerprint density at radius 1 is 1.32 bits per heavy atom. The fourth-order valence-corrected chi connectivity index (χ4v) is 5.06. The van der Waals surface area contributed by atoms with Crippen molar-refractivity contribution in [1.82, 2.24) is 9.80 Å². The first kappa shape index (κ1) is 26.5. The molecule has 2 aliphatic rings. The van der Waals surface area contributed by atoms with E-state index in [0.717, 1.165) is 43.0 Å². The van der Waals surface area contributed by atoms with E-state index in [1.165, 1.54) is 6.92 Å². The topological polar surface area (TPSA) is 53.0 Å². The van der Waals surface area contributed by atoms with Crippen LogP contribution in [0.5, 0.6) is 5.75 Å². The summed E-state index contributed by atoms with van der Waals surface area (Å²) in [5, 5.41) is 4.03. The smallest absolute Gasteiger partial charge is 0.283 e. The predicted molar refractivity (Wildman–Crippen MR) is 143 cm³/mol. The van der Waals surface area contributed by atoms with Crippen LogP contribution in [-0.4, -0.2) is 88.2 Å². The summed E-state index contributed by atoms with van der Waals surface area (Å²) in [6.45, 7) is 5.16. The van der Waals surface area contributed by atoms with Gasteiger partial charge in [-0.25, -0.2) is 8.78 Å². The number of Topliss-reactive ketones (excluding diaryl/α,β-unsaturated/α-hetero) is 1. The molecule has 2 aliphatic heterocycles. The largest absolute Gasteiger partial charge is 0.492 e. The van der Waals surface area contributed by atoms with Crippen LogP contribution in [0, 0.1) is 5.92 Å². The van der Waals surface area contributed by atoms with Crippen LogP contribution in [0.1, 0.15) is 46.9 Å². The number of carbonyl (C=O) groups excluding carboxylic acids is 1. The number of likely N-dealkylation sites (tertiary alicyclic amines) is 1. The van der Waals surface area contributed by atoms with E-state index in [0.29, 0.717) is 24.3 Å². The van der Waals surface area contributed by atoms with Gasteiger partial charge in [0.15, 0.2) is 5.78 Å². The molecule has 0 aromatic heterocycles. The zero-order chi connectivity index (χ0) is 28.6. The predicted octanol–water partition coefficient (Wildman–Crippen LogP) is 4.13. The van der Waals surface area contributed by atoms with Gasteiger partial charge in [-0.3, -0.25) is 19.0 Å². The van der Waals surface area contributed by atoms with E-state index in [4.69, 9.17) is 7.50 Å². The molecule has 37 heavy (non-hydrogen) atoms. The standard InChI is InChI=1S/C27H33F3N2O3.BHS/c1-18-11-23-12-22(19(2)34)5-8-25(23)26(32(18)16-27(29,30)17-33)21-3-6-24(7-4-21)35-10-9-31-14-20(13-28)15-31;1-2/h3-8,12,18,20,26,33H,9-11,13-17H2,1-2H3;1H/t18-,26-;/m1./s1/i33T;1D. The van der Waals surface area contributed by atoms with Crippen LogP contribution in [0.3, 0.4) is 0 Å². The molecule has 0 unspecified atom stereocenters. The average molecular weight is 537 g/mol. The maximum Gasteiger partial charge on any atom is 0.283 e. The third kappa shape index (κ3) is 7.25. The van der Waals surface area contributed by atoms with Crippen molar-refractivity contribution < 1.29 is 27.8 Å². The van der Waals surface area contributed by atoms with Crippen molar-refractivity contribution in [2.45, 2.75) is 38.3 Å². The van der Waals surface area contributed by atoms with E-state index in [1.54, 1.807) is 11.0 Å². The summed E-state index contributed by atoms with van der Waals surface area (Å²) in [6.07, 6.45) is 0.533. The van der Waals surface area contributed by atoms with E-state index < -0.39 is 25.1 Å². The van der Waals surface area contributed by atoms with E-state index in [9.17, 15) is 18.0 Å². The van der Waals surface area contributed by atoms with Crippen molar-refractivity contribution in [1.29, 1.82) is 2.77 Å². The van der Waals surface area contributed by atoms with Gasteiger partial charge in [0.2, 0.25) is 1.43 Å². The van der Waals surface area contributed by atoms with Crippen LogP contribution in [0.2, 0.25) is 0 Å². The van der Waals surface area contributed by atoms with Crippen molar-refractivity contribution in [3.63, 3.8) is 0 Å². The average Bonchev–Trinajstić information content (AvgIpc) is 2.86. The molecule has 2 heterocycles. The molecule has 1 saturated heterocycles. The summed E-state index contributed by atoms with van der Waals surface area (Å²) >= 11 is 3.94. The van der Waals surface area contributed by atoms with Crippen LogP contribution in [0.25, 0.3) is 0 Å². The third-order valence-electron chi connectivity index (χ3n) is 7.01. The van der Waals surface area contributed by atoms with Gasteiger partial charge in [-0.15, -0.1) is 0 Å². The van der Waals surface area contributed by atoms with Gasteiger partial charge in [-0.1, -0.05) is 24.3 Å². The van der Waals surface area contributed by atoms with Gasteiger partial charge in [0.1, 0.15) is 19.0 Å². The van der Waals surface area contributed by atoms with Gasteiger partial charge in [-0.05, 0) is 55.2 Å². The number of ketones is 1. The number of hydrogen-bond acceptors (Lipinski definition) is 6. The Balaban J connectivity index is 0.00000134. The Morgan fingerprint density at radius 2 is 2.03 bits per heavy atom. The van der Waals surface area contributed by atoms with Crippen molar-refractivity contribution >= 4 is 24.5 Å². The number of aliphatic hydroxyl groups excluding tert-OH is 1. The number of hydrogen-bond donors (Lipinski definition) is 1. The summed E-state index contributed by atoms with van der Waals surface area (Å²) in [5.41, 5.74) is 3.29. The third-order valence-corrected chi connectivity index (χ3v) is 7.01. The minimum Gasteiger partial charge on any atom is -0.492 e. The van der Waals surface area contributed by atoms with Gasteiger partial charge in [-0.2, -0.15) is 0 Å². The van der Waals surface area contributed by atoms with Gasteiger partial charge in [0.05, 0.1) is 19.3 Å². The Morgan fingerprint density at radius 3 is 2.65 bits per heavy atom. The fraction of sp³-hybridized carbons (Fsp3) is 0.519. The molecule has 0 aliphatic carbocycles. The number of fused-ring (bicyclic) bond motifs is 1. The molecule has 5 nitrogen and oxygen atoms in total. The Kier molecular flexibility index (Phi) is 9.36. The second kappa shape index (κ2) is 13.1. The van der Waals surface area contributed by atoms with E-state index in [1.807, 2.05) is 43.3 Å². The van der Waals surface area contributed by atoms with Crippen molar-refractivity contribution in [2.24, 2.45) is 5.92 Å². The minimum atomic E-state index is -3.19. The number of alkyl halides is 3. The van der Waals surface area contributed by atoms with E-state index in [2.05, 4.69) is 22.1 Å². The quantitative estimate of drug-likeness (QED) is 0.344. The number of carbonyl (C=O) groups is 1. The molecule has 0 spiro atoms. The van der Waals surface area contributed by atoms with Crippen molar-refractivity contribution in [3.8, 4) is 5.75 Å². The number of halogens is 3. The SMILES string of the molecule is [2H]B=S.[3H]OCC(F)(F)CN1[C@H](c2ccc(OCCN3CC(CF)C3)cc2)c2ccc(C(C)=O)cc2C[C@H]1C. The summed E-state index contributed by atoms with van der Waals surface area (Å²) in [5.74, 6) is -2.41. The van der Waals surface area contributed by atoms with Crippen LogP contribution >= 0.6 is 12.1 Å². The van der Waals surface area contributed by atoms with Gasteiger partial charge in [0.25, 0.3) is 5.92 Å². The first-order valence-corrected chi connectivity index (χ1v) is 12.8. The van der Waals surface area contributed by atoms with Crippen molar-refractivity contribution in [3.05, 3.63) is 64.7 Å². The Labute approximate surface area is 225 Å². The molecule has 0 amide bonds. The normalized spacial score (nSPS) is 20.9. The van der Waals surface area contributed by atoms with Gasteiger partial charge < -0.3 is 9.85 Å². The Bertz CT molecular complexity index is 1110. The monoisotopic (exact) mass is 537 g/mol. The number of rotatable bonds is 11. The van der Waals surface area contributed by atoms with Crippen LogP contribution < -0.4 is 4.74 Å². The molecule has 10 heteroatoms. The molecule has 200 valence electrons. The molecule has 2 aromatic rings. The second-order valence-corrected chi connectivity index (χ2v) is 9.80. The fourth-order valence-electron chi connectivity index (χ4n) is 5.06. The molecular formula is C27H34BF3N2O3S. The molecule has 4 rings (SSSR count). The number of nitrogens with zero attached hydrogens (tertiary/aromatic N) is 2. The molecule has 0 saturated carbocycles. The zero-order valence-electron chi connectivity index (χ0n) is 23.2. The van der Waals surface area contributed by atoms with Crippen LogP contribution in [0.15, 0.2) is 42.5 Å². The molecule has 0 radical (unpaired) electrons. The number of benzene rings is 2. The number of aliphatic hydroxyl groups is 1. The van der Waals surface area contributed by atoms with E-state index >= 15 is 0 Å².